The summed E-state index contributed by atoms with van der Waals surface area (Å²) < 4.78 is 0. The Hall–Kier alpha value is -2.00. The van der Waals surface area contributed by atoms with E-state index in [1.807, 2.05) is 10.3 Å². The number of hydrogen-bond acceptors (Lipinski definition) is 6. The van der Waals surface area contributed by atoms with Gasteiger partial charge in [0.25, 0.3) is 5.91 Å². The van der Waals surface area contributed by atoms with Gasteiger partial charge in [-0.05, 0) is 44.2 Å². The van der Waals surface area contributed by atoms with Gasteiger partial charge in [-0.3, -0.25) is 19.8 Å². The number of rotatable bonds is 5. The molecule has 7 nitrogen and oxygen atoms in total. The first-order chi connectivity index (χ1) is 15.0. The van der Waals surface area contributed by atoms with Crippen molar-refractivity contribution < 1.29 is 9.59 Å². The van der Waals surface area contributed by atoms with E-state index in [4.69, 9.17) is 11.6 Å². The number of thiazole rings is 1. The van der Waals surface area contributed by atoms with Crippen LogP contribution in [0.15, 0.2) is 29.6 Å². The summed E-state index contributed by atoms with van der Waals surface area (Å²) in [5.41, 5.74) is 1.21. The number of likely N-dealkylation sites (tertiary alicyclic amines) is 1. The smallest absolute Gasteiger partial charge is 0.257 e. The number of anilines is 1. The Labute approximate surface area is 192 Å². The molecule has 31 heavy (non-hydrogen) atoms. The van der Waals surface area contributed by atoms with Crippen LogP contribution in [0.5, 0.6) is 0 Å². The molecular weight excluding hydrogens is 434 g/mol. The van der Waals surface area contributed by atoms with E-state index in [1.54, 1.807) is 24.3 Å². The molecule has 0 unspecified atom stereocenters. The standard InChI is InChI=1S/C22H28ClN5O2S/c1-26-10-12-27(13-11-26)19-6-8-28(9-7-19)20(29)14-18-15-31-22(24-18)25-21(30)16-2-4-17(23)5-3-16/h2-5,15,19H,6-14H2,1H3,(H,24,25,30). The summed E-state index contributed by atoms with van der Waals surface area (Å²) in [5, 5.41) is 5.71. The average Bonchev–Trinajstić information content (AvgIpc) is 3.21. The maximum atomic E-state index is 12.7. The van der Waals surface area contributed by atoms with Crippen molar-refractivity contribution in [1.29, 1.82) is 0 Å². The number of hydrogen-bond donors (Lipinski definition) is 1. The average molecular weight is 462 g/mol. The van der Waals surface area contributed by atoms with Gasteiger partial charge in [0, 0.05) is 61.3 Å². The van der Waals surface area contributed by atoms with E-state index in [-0.39, 0.29) is 18.2 Å². The van der Waals surface area contributed by atoms with E-state index in [1.165, 1.54) is 11.3 Å². The summed E-state index contributed by atoms with van der Waals surface area (Å²) in [4.78, 5) is 36.4. The van der Waals surface area contributed by atoms with Gasteiger partial charge in [-0.15, -0.1) is 11.3 Å². The van der Waals surface area contributed by atoms with Crippen LogP contribution in [0.25, 0.3) is 0 Å². The predicted molar refractivity (Wildman–Crippen MR) is 124 cm³/mol. The maximum Gasteiger partial charge on any atom is 0.257 e. The highest BCUT2D eigenvalue weighted by Crippen LogP contribution is 2.21. The summed E-state index contributed by atoms with van der Waals surface area (Å²) in [6.45, 7) is 6.11. The second-order valence-corrected chi connectivity index (χ2v) is 9.53. The number of aromatic nitrogens is 1. The molecule has 2 saturated heterocycles. The zero-order valence-electron chi connectivity index (χ0n) is 17.7. The highest BCUT2D eigenvalue weighted by Gasteiger charge is 2.28. The van der Waals surface area contributed by atoms with E-state index in [0.717, 1.165) is 52.1 Å². The van der Waals surface area contributed by atoms with Gasteiger partial charge in [0.1, 0.15) is 0 Å². The Morgan fingerprint density at radius 1 is 1.10 bits per heavy atom. The first-order valence-corrected chi connectivity index (χ1v) is 12.0. The molecule has 1 aromatic heterocycles. The minimum Gasteiger partial charge on any atom is -0.342 e. The van der Waals surface area contributed by atoms with Crippen LogP contribution in [0.2, 0.25) is 5.02 Å². The lowest BCUT2D eigenvalue weighted by Crippen LogP contribution is -2.53. The van der Waals surface area contributed by atoms with Gasteiger partial charge in [-0.25, -0.2) is 4.98 Å². The molecule has 0 radical (unpaired) electrons. The second-order valence-electron chi connectivity index (χ2n) is 8.23. The van der Waals surface area contributed by atoms with Crippen molar-refractivity contribution in [2.45, 2.75) is 25.3 Å². The van der Waals surface area contributed by atoms with Crippen LogP contribution in [0.4, 0.5) is 5.13 Å². The Morgan fingerprint density at radius 2 is 1.77 bits per heavy atom. The quantitative estimate of drug-likeness (QED) is 0.741. The van der Waals surface area contributed by atoms with Crippen LogP contribution in [0.3, 0.4) is 0 Å². The third kappa shape index (κ3) is 5.83. The van der Waals surface area contributed by atoms with Crippen molar-refractivity contribution in [2.24, 2.45) is 0 Å². The van der Waals surface area contributed by atoms with Gasteiger partial charge < -0.3 is 9.80 Å². The molecule has 0 saturated carbocycles. The van der Waals surface area contributed by atoms with Crippen molar-refractivity contribution in [2.75, 3.05) is 51.6 Å². The Kier molecular flexibility index (Phi) is 7.22. The first-order valence-electron chi connectivity index (χ1n) is 10.7. The lowest BCUT2D eigenvalue weighted by molar-refractivity contribution is -0.132. The number of benzene rings is 1. The summed E-state index contributed by atoms with van der Waals surface area (Å²) in [5.74, 6) is -0.132. The molecule has 2 aliphatic rings. The Balaban J connectivity index is 1.24. The van der Waals surface area contributed by atoms with Crippen molar-refractivity contribution in [1.82, 2.24) is 19.7 Å². The number of amides is 2. The monoisotopic (exact) mass is 461 g/mol. The van der Waals surface area contributed by atoms with Gasteiger partial charge in [-0.2, -0.15) is 0 Å². The Bertz CT molecular complexity index is 903. The van der Waals surface area contributed by atoms with E-state index < -0.39 is 0 Å². The number of carbonyl (C=O) groups excluding carboxylic acids is 2. The molecule has 0 aliphatic carbocycles. The molecule has 3 heterocycles. The summed E-state index contributed by atoms with van der Waals surface area (Å²) in [6, 6.07) is 7.28. The fraction of sp³-hybridized carbons (Fsp3) is 0.500. The first kappa shape index (κ1) is 22.2. The van der Waals surface area contributed by atoms with Crippen LogP contribution in [0, 0.1) is 0 Å². The zero-order chi connectivity index (χ0) is 21.8. The lowest BCUT2D eigenvalue weighted by atomic mass is 10.0. The number of halogens is 1. The molecule has 0 atom stereocenters. The van der Waals surface area contributed by atoms with E-state index in [2.05, 4.69) is 27.1 Å². The normalized spacial score (nSPS) is 18.8. The van der Waals surface area contributed by atoms with Crippen LogP contribution in [0.1, 0.15) is 28.9 Å². The molecule has 1 aromatic carbocycles. The summed E-state index contributed by atoms with van der Waals surface area (Å²) in [6.07, 6.45) is 2.34. The lowest BCUT2D eigenvalue weighted by Gasteiger charge is -2.42. The number of likely N-dealkylation sites (N-methyl/N-ethyl adjacent to an activating group) is 1. The zero-order valence-corrected chi connectivity index (χ0v) is 19.3. The predicted octanol–water partition coefficient (Wildman–Crippen LogP) is 2.83. The third-order valence-corrected chi connectivity index (χ3v) is 7.14. The van der Waals surface area contributed by atoms with Crippen LogP contribution < -0.4 is 5.32 Å². The maximum absolute atomic E-state index is 12.7. The van der Waals surface area contributed by atoms with Crippen molar-refractivity contribution >= 4 is 39.9 Å². The number of nitrogens with zero attached hydrogens (tertiary/aromatic N) is 4. The highest BCUT2D eigenvalue weighted by molar-refractivity contribution is 7.14. The van der Waals surface area contributed by atoms with Gasteiger partial charge >= 0.3 is 0 Å². The van der Waals surface area contributed by atoms with Gasteiger partial charge in [-0.1, -0.05) is 11.6 Å². The van der Waals surface area contributed by atoms with Crippen molar-refractivity contribution in [3.63, 3.8) is 0 Å². The molecule has 4 rings (SSSR count). The van der Waals surface area contributed by atoms with Crippen LogP contribution >= 0.6 is 22.9 Å². The van der Waals surface area contributed by atoms with Gasteiger partial charge in [0.05, 0.1) is 12.1 Å². The van der Waals surface area contributed by atoms with Crippen LogP contribution in [-0.4, -0.2) is 83.9 Å². The molecule has 0 bridgehead atoms. The second kappa shape index (κ2) is 10.1. The topological polar surface area (TPSA) is 68.8 Å². The molecular formula is C22H28ClN5O2S. The van der Waals surface area contributed by atoms with Crippen LogP contribution in [-0.2, 0) is 11.2 Å². The van der Waals surface area contributed by atoms with E-state index in [0.29, 0.717) is 27.5 Å². The van der Waals surface area contributed by atoms with Gasteiger partial charge in [0.15, 0.2) is 5.13 Å². The molecule has 2 fully saturated rings. The number of piperidine rings is 1. The number of piperazine rings is 1. The molecule has 2 aromatic rings. The van der Waals surface area contributed by atoms with Crippen molar-refractivity contribution in [3.05, 3.63) is 45.9 Å². The molecule has 9 heteroatoms. The summed E-state index contributed by atoms with van der Waals surface area (Å²) >= 11 is 7.20. The molecule has 2 amide bonds. The number of nitrogens with one attached hydrogen (secondary N) is 1. The molecule has 0 spiro atoms. The molecule has 166 valence electrons. The van der Waals surface area contributed by atoms with E-state index in [9.17, 15) is 9.59 Å². The number of carbonyl (C=O) groups is 2. The van der Waals surface area contributed by atoms with E-state index >= 15 is 0 Å². The molecule has 1 N–H and O–H groups in total. The Morgan fingerprint density at radius 3 is 2.45 bits per heavy atom. The molecule has 2 aliphatic heterocycles. The van der Waals surface area contributed by atoms with Crippen molar-refractivity contribution in [3.8, 4) is 0 Å². The fourth-order valence-corrected chi connectivity index (χ4v) is 4.98. The summed E-state index contributed by atoms with van der Waals surface area (Å²) in [7, 11) is 2.17. The third-order valence-electron chi connectivity index (χ3n) is 6.08. The largest absolute Gasteiger partial charge is 0.342 e. The fourth-order valence-electron chi connectivity index (χ4n) is 4.15. The van der Waals surface area contributed by atoms with Gasteiger partial charge in [0.2, 0.25) is 5.91 Å². The SMILES string of the molecule is CN1CCN(C2CCN(C(=O)Cc3csc(NC(=O)c4ccc(Cl)cc4)n3)CC2)CC1. The minimum atomic E-state index is -0.241. The highest BCUT2D eigenvalue weighted by atomic mass is 35.5. The minimum absolute atomic E-state index is 0.109.